The van der Waals surface area contributed by atoms with Crippen LogP contribution in [0.5, 0.6) is 5.75 Å². The predicted octanol–water partition coefficient (Wildman–Crippen LogP) is 3.58. The highest BCUT2D eigenvalue weighted by Gasteiger charge is 2.17. The molecule has 0 radical (unpaired) electrons. The first kappa shape index (κ1) is 14.5. The Morgan fingerprint density at radius 1 is 1.30 bits per heavy atom. The molecule has 1 heterocycles. The third-order valence-electron chi connectivity index (χ3n) is 2.73. The second-order valence-electron chi connectivity index (χ2n) is 5.69. The molecule has 0 saturated carbocycles. The van der Waals surface area contributed by atoms with Crippen molar-refractivity contribution in [3.8, 4) is 5.75 Å². The van der Waals surface area contributed by atoms with Gasteiger partial charge in [0.25, 0.3) is 0 Å². The van der Waals surface area contributed by atoms with E-state index >= 15 is 0 Å². The predicted molar refractivity (Wildman–Crippen MR) is 85.5 cm³/mol. The molecule has 0 bridgehead atoms. The van der Waals surface area contributed by atoms with Gasteiger partial charge in [-0.05, 0) is 31.8 Å². The second-order valence-corrected chi connectivity index (χ2v) is 10.1. The van der Waals surface area contributed by atoms with Crippen molar-refractivity contribution in [2.24, 2.45) is 12.0 Å². The Morgan fingerprint density at radius 2 is 2.05 bits per heavy atom. The Kier molecular flexibility index (Phi) is 4.39. The molecule has 0 fully saturated rings. The minimum absolute atomic E-state index is 0.762. The van der Waals surface area contributed by atoms with Crippen LogP contribution in [-0.4, -0.2) is 24.1 Å². The van der Waals surface area contributed by atoms with Crippen LogP contribution in [0, 0.1) is 0 Å². The summed E-state index contributed by atoms with van der Waals surface area (Å²) in [6, 6.07) is 7.92. The lowest BCUT2D eigenvalue weighted by Gasteiger charge is -2.20. The molecular weight excluding hydrogens is 266 g/mol. The van der Waals surface area contributed by atoms with E-state index in [1.165, 1.54) is 0 Å². The van der Waals surface area contributed by atoms with Crippen LogP contribution in [0.1, 0.15) is 5.69 Å². The number of aryl methyl sites for hydroxylation is 1. The Labute approximate surface area is 121 Å². The van der Waals surface area contributed by atoms with E-state index in [-0.39, 0.29) is 0 Å². The maximum Gasteiger partial charge on any atom is 0.242 e. The lowest BCUT2D eigenvalue weighted by atomic mass is 10.3. The quantitative estimate of drug-likeness (QED) is 0.623. The summed E-state index contributed by atoms with van der Waals surface area (Å²) in [5, 5.41) is 0. The summed E-state index contributed by atoms with van der Waals surface area (Å²) in [5.74, 6) is 0.868. The molecule has 0 atom stereocenters. The molecular formula is C15H21N3OSi. The van der Waals surface area contributed by atoms with Gasteiger partial charge in [-0.15, -0.1) is 0 Å². The fraction of sp³-hybridized carbons (Fsp3) is 0.333. The van der Waals surface area contributed by atoms with Crippen molar-refractivity contribution in [2.45, 2.75) is 26.1 Å². The highest BCUT2D eigenvalue weighted by atomic mass is 28.4. The molecule has 0 saturated heterocycles. The molecule has 4 nitrogen and oxygen atoms in total. The number of nitrogens with zero attached hydrogens (tertiary/aromatic N) is 3. The average molecular weight is 287 g/mol. The third kappa shape index (κ3) is 4.06. The molecule has 1 aromatic heterocycles. The van der Waals surface area contributed by atoms with Crippen molar-refractivity contribution < 1.29 is 4.43 Å². The zero-order valence-electron chi connectivity index (χ0n) is 12.5. The van der Waals surface area contributed by atoms with Crippen LogP contribution in [0.15, 0.2) is 41.8 Å². The van der Waals surface area contributed by atoms with E-state index in [4.69, 9.17) is 4.43 Å². The lowest BCUT2D eigenvalue weighted by molar-refractivity contribution is 0.559. The van der Waals surface area contributed by atoms with Gasteiger partial charge in [-0.3, -0.25) is 4.99 Å². The van der Waals surface area contributed by atoms with Gasteiger partial charge in [-0.1, -0.05) is 12.1 Å². The van der Waals surface area contributed by atoms with Crippen molar-refractivity contribution in [3.05, 3.63) is 42.5 Å². The molecule has 0 aliphatic carbocycles. The number of aliphatic imine (C=N–C) groups is 1. The number of aromatic nitrogens is 2. The number of hydrogen-bond acceptors (Lipinski definition) is 3. The van der Waals surface area contributed by atoms with Crippen LogP contribution in [0.2, 0.25) is 19.6 Å². The molecule has 5 heteroatoms. The zero-order valence-corrected chi connectivity index (χ0v) is 13.5. The van der Waals surface area contributed by atoms with E-state index in [0.717, 1.165) is 23.6 Å². The number of benzene rings is 1. The van der Waals surface area contributed by atoms with Crippen molar-refractivity contribution in [3.63, 3.8) is 0 Å². The van der Waals surface area contributed by atoms with Gasteiger partial charge in [0.2, 0.25) is 8.32 Å². The molecule has 0 spiro atoms. The van der Waals surface area contributed by atoms with Gasteiger partial charge < -0.3 is 8.99 Å². The monoisotopic (exact) mass is 287 g/mol. The summed E-state index contributed by atoms with van der Waals surface area (Å²) < 4.78 is 8.05. The van der Waals surface area contributed by atoms with E-state index in [1.807, 2.05) is 48.3 Å². The molecule has 0 unspecified atom stereocenters. The van der Waals surface area contributed by atoms with Gasteiger partial charge in [-0.25, -0.2) is 4.98 Å². The SMILES string of the molecule is Cn1cncc1CC=Nc1ccccc1O[Si](C)(C)C. The molecule has 20 heavy (non-hydrogen) atoms. The van der Waals surface area contributed by atoms with Gasteiger partial charge in [-0.2, -0.15) is 0 Å². The van der Waals surface area contributed by atoms with Gasteiger partial charge in [0.1, 0.15) is 11.4 Å². The van der Waals surface area contributed by atoms with Crippen LogP contribution >= 0.6 is 0 Å². The maximum absolute atomic E-state index is 6.05. The first-order chi connectivity index (χ1) is 9.46. The first-order valence-electron chi connectivity index (χ1n) is 6.71. The molecule has 0 aliphatic rings. The van der Waals surface area contributed by atoms with Gasteiger partial charge in [0, 0.05) is 31.6 Å². The number of hydrogen-bond donors (Lipinski definition) is 0. The summed E-state index contributed by atoms with van der Waals surface area (Å²) in [7, 11) is 0.366. The first-order valence-corrected chi connectivity index (χ1v) is 10.1. The largest absolute Gasteiger partial charge is 0.543 e. The van der Waals surface area contributed by atoms with E-state index in [0.29, 0.717) is 0 Å². The highest BCUT2D eigenvalue weighted by molar-refractivity contribution is 6.70. The van der Waals surface area contributed by atoms with E-state index in [1.54, 1.807) is 6.33 Å². The third-order valence-corrected chi connectivity index (χ3v) is 3.56. The number of rotatable bonds is 5. The Hall–Kier alpha value is -1.88. The molecule has 2 rings (SSSR count). The summed E-state index contributed by atoms with van der Waals surface area (Å²) in [5.41, 5.74) is 2.02. The smallest absolute Gasteiger partial charge is 0.242 e. The van der Waals surface area contributed by atoms with Crippen molar-refractivity contribution in [2.75, 3.05) is 0 Å². The summed E-state index contributed by atoms with van der Waals surface area (Å²) >= 11 is 0. The van der Waals surface area contributed by atoms with Crippen LogP contribution in [0.4, 0.5) is 5.69 Å². The number of imidazole rings is 1. The Morgan fingerprint density at radius 3 is 2.70 bits per heavy atom. The number of para-hydroxylation sites is 2. The molecule has 2 aromatic rings. The van der Waals surface area contributed by atoms with Crippen molar-refractivity contribution >= 4 is 20.2 Å². The topological polar surface area (TPSA) is 39.4 Å². The minimum atomic E-state index is -1.62. The molecule has 106 valence electrons. The summed E-state index contributed by atoms with van der Waals surface area (Å²) in [6.07, 6.45) is 6.32. The fourth-order valence-electron chi connectivity index (χ4n) is 1.80. The van der Waals surface area contributed by atoms with Gasteiger partial charge >= 0.3 is 0 Å². The normalized spacial score (nSPS) is 12.0. The maximum atomic E-state index is 6.05. The molecule has 0 N–H and O–H groups in total. The molecule has 1 aromatic carbocycles. The van der Waals surface area contributed by atoms with Gasteiger partial charge in [0.05, 0.1) is 6.33 Å². The molecule has 0 amide bonds. The Bertz CT molecular complexity index is 599. The van der Waals surface area contributed by atoms with Crippen LogP contribution in [0.3, 0.4) is 0 Å². The minimum Gasteiger partial charge on any atom is -0.543 e. The standard InChI is InChI=1S/C15H21N3OSi/c1-18-12-16-11-13(18)9-10-17-14-7-5-6-8-15(14)19-20(2,3)4/h5-8,10-12H,9H2,1-4H3. The summed E-state index contributed by atoms with van der Waals surface area (Å²) in [4.78, 5) is 8.63. The van der Waals surface area contributed by atoms with Crippen LogP contribution < -0.4 is 4.43 Å². The lowest BCUT2D eigenvalue weighted by Crippen LogP contribution is -2.29. The van der Waals surface area contributed by atoms with Crippen LogP contribution in [-0.2, 0) is 13.5 Å². The van der Waals surface area contributed by atoms with E-state index < -0.39 is 8.32 Å². The summed E-state index contributed by atoms with van der Waals surface area (Å²) in [6.45, 7) is 6.51. The van der Waals surface area contributed by atoms with Crippen molar-refractivity contribution in [1.82, 2.24) is 9.55 Å². The van der Waals surface area contributed by atoms with Crippen molar-refractivity contribution in [1.29, 1.82) is 0 Å². The Balaban J connectivity index is 2.11. The van der Waals surface area contributed by atoms with Gasteiger partial charge in [0.15, 0.2) is 0 Å². The highest BCUT2D eigenvalue weighted by Crippen LogP contribution is 2.28. The van der Waals surface area contributed by atoms with E-state index in [9.17, 15) is 0 Å². The zero-order chi connectivity index (χ0) is 14.6. The van der Waals surface area contributed by atoms with Crippen LogP contribution in [0.25, 0.3) is 0 Å². The molecule has 0 aliphatic heterocycles. The average Bonchev–Trinajstić information content (AvgIpc) is 2.75. The fourth-order valence-corrected chi connectivity index (χ4v) is 2.63. The van der Waals surface area contributed by atoms with E-state index in [2.05, 4.69) is 29.6 Å². The second kappa shape index (κ2) is 6.05.